The summed E-state index contributed by atoms with van der Waals surface area (Å²) in [6.07, 6.45) is 4.35. The lowest BCUT2D eigenvalue weighted by Gasteiger charge is -2.33. The minimum Gasteiger partial charge on any atom is -0.378 e. The van der Waals surface area contributed by atoms with Gasteiger partial charge in [-0.3, -0.25) is 0 Å². The number of methoxy groups -OCH3 is 1. The number of nitrogens with zero attached hydrogens (tertiary/aromatic N) is 3. The van der Waals surface area contributed by atoms with Crippen LogP contribution in [0.15, 0.2) is 30.6 Å². The van der Waals surface area contributed by atoms with E-state index in [0.29, 0.717) is 12.5 Å². The molecule has 1 aliphatic heterocycles. The standard InChI is InChI=1S/C18H21F2N3O/c1-24-11-15-10-18(22-12-21-15)23-6-4-13(5-7-23)8-14-2-3-16(19)17(20)9-14/h2-3,9-10,12-13H,4-8,11H2,1H3. The first kappa shape index (κ1) is 16.8. The highest BCUT2D eigenvalue weighted by molar-refractivity contribution is 5.39. The van der Waals surface area contributed by atoms with Gasteiger partial charge >= 0.3 is 0 Å². The van der Waals surface area contributed by atoms with Gasteiger partial charge in [0, 0.05) is 26.3 Å². The van der Waals surface area contributed by atoms with E-state index >= 15 is 0 Å². The lowest BCUT2D eigenvalue weighted by atomic mass is 9.90. The second kappa shape index (κ2) is 7.66. The Kier molecular flexibility index (Phi) is 5.35. The van der Waals surface area contributed by atoms with E-state index in [4.69, 9.17) is 4.74 Å². The largest absolute Gasteiger partial charge is 0.378 e. The Hall–Kier alpha value is -2.08. The topological polar surface area (TPSA) is 38.2 Å². The van der Waals surface area contributed by atoms with E-state index in [-0.39, 0.29) is 0 Å². The third-order valence-corrected chi connectivity index (χ3v) is 4.45. The summed E-state index contributed by atoms with van der Waals surface area (Å²) in [5.74, 6) is -0.157. The van der Waals surface area contributed by atoms with Crippen LogP contribution in [0.1, 0.15) is 24.1 Å². The van der Waals surface area contributed by atoms with Crippen molar-refractivity contribution in [1.29, 1.82) is 0 Å². The zero-order valence-electron chi connectivity index (χ0n) is 13.7. The van der Waals surface area contributed by atoms with Gasteiger partial charge in [-0.25, -0.2) is 18.7 Å². The molecule has 3 rings (SSSR count). The van der Waals surface area contributed by atoms with Crippen molar-refractivity contribution in [1.82, 2.24) is 9.97 Å². The molecule has 0 amide bonds. The van der Waals surface area contributed by atoms with Crippen LogP contribution in [-0.4, -0.2) is 30.2 Å². The molecule has 0 unspecified atom stereocenters. The van der Waals surface area contributed by atoms with Gasteiger partial charge in [0.05, 0.1) is 12.3 Å². The summed E-state index contributed by atoms with van der Waals surface area (Å²) in [7, 11) is 1.64. The van der Waals surface area contributed by atoms with Crippen molar-refractivity contribution in [3.05, 3.63) is 53.5 Å². The predicted molar refractivity (Wildman–Crippen MR) is 87.7 cm³/mol. The fourth-order valence-corrected chi connectivity index (χ4v) is 3.15. The number of ether oxygens (including phenoxy) is 1. The summed E-state index contributed by atoms with van der Waals surface area (Å²) < 4.78 is 31.4. The van der Waals surface area contributed by atoms with Crippen molar-refractivity contribution in [2.75, 3.05) is 25.1 Å². The summed E-state index contributed by atoms with van der Waals surface area (Å²) in [5.41, 5.74) is 1.73. The second-order valence-corrected chi connectivity index (χ2v) is 6.18. The predicted octanol–water partition coefficient (Wildman–Crippen LogP) is 3.36. The molecule has 0 bridgehead atoms. The number of piperidine rings is 1. The first-order valence-electron chi connectivity index (χ1n) is 8.14. The maximum absolute atomic E-state index is 13.3. The Balaban J connectivity index is 1.57. The third-order valence-electron chi connectivity index (χ3n) is 4.45. The van der Waals surface area contributed by atoms with Crippen LogP contribution in [0.3, 0.4) is 0 Å². The molecule has 2 aromatic rings. The zero-order chi connectivity index (χ0) is 16.9. The number of anilines is 1. The third kappa shape index (κ3) is 4.06. The van der Waals surface area contributed by atoms with Crippen LogP contribution in [0.25, 0.3) is 0 Å². The van der Waals surface area contributed by atoms with Crippen LogP contribution in [0.4, 0.5) is 14.6 Å². The highest BCUT2D eigenvalue weighted by atomic mass is 19.2. The zero-order valence-corrected chi connectivity index (χ0v) is 13.7. The van der Waals surface area contributed by atoms with Gasteiger partial charge in [-0.05, 0) is 42.9 Å². The number of halogens is 2. The Morgan fingerprint density at radius 3 is 2.62 bits per heavy atom. The molecule has 1 aliphatic rings. The van der Waals surface area contributed by atoms with Crippen molar-refractivity contribution in [2.24, 2.45) is 5.92 Å². The molecule has 0 radical (unpaired) electrons. The molecule has 1 aromatic heterocycles. The lowest BCUT2D eigenvalue weighted by molar-refractivity contribution is 0.181. The Labute approximate surface area is 140 Å². The van der Waals surface area contributed by atoms with Gasteiger partial charge in [0.15, 0.2) is 11.6 Å². The first-order valence-corrected chi connectivity index (χ1v) is 8.14. The number of rotatable bonds is 5. The van der Waals surface area contributed by atoms with Crippen molar-refractivity contribution in [3.63, 3.8) is 0 Å². The van der Waals surface area contributed by atoms with Crippen LogP contribution in [0.5, 0.6) is 0 Å². The van der Waals surface area contributed by atoms with E-state index in [2.05, 4.69) is 14.9 Å². The fraction of sp³-hybridized carbons (Fsp3) is 0.444. The van der Waals surface area contributed by atoms with Crippen LogP contribution in [0.2, 0.25) is 0 Å². The van der Waals surface area contributed by atoms with Crippen LogP contribution >= 0.6 is 0 Å². The van der Waals surface area contributed by atoms with E-state index in [1.807, 2.05) is 6.07 Å². The molecular weight excluding hydrogens is 312 g/mol. The summed E-state index contributed by atoms with van der Waals surface area (Å²) in [4.78, 5) is 10.8. The normalized spacial score (nSPS) is 15.7. The Morgan fingerprint density at radius 2 is 1.92 bits per heavy atom. The lowest BCUT2D eigenvalue weighted by Crippen LogP contribution is -2.35. The maximum atomic E-state index is 13.3. The SMILES string of the molecule is COCc1cc(N2CCC(Cc3ccc(F)c(F)c3)CC2)ncn1. The van der Waals surface area contributed by atoms with Crippen molar-refractivity contribution in [3.8, 4) is 0 Å². The average molecular weight is 333 g/mol. The minimum absolute atomic E-state index is 0.474. The number of hydrogen-bond donors (Lipinski definition) is 0. The van der Waals surface area contributed by atoms with Gasteiger partial charge in [-0.15, -0.1) is 0 Å². The van der Waals surface area contributed by atoms with Gasteiger partial charge in [0.2, 0.25) is 0 Å². The number of aromatic nitrogens is 2. The molecule has 0 spiro atoms. The molecule has 1 saturated heterocycles. The van der Waals surface area contributed by atoms with E-state index in [9.17, 15) is 8.78 Å². The molecule has 6 heteroatoms. The average Bonchev–Trinajstić information content (AvgIpc) is 2.59. The maximum Gasteiger partial charge on any atom is 0.159 e. The first-order chi connectivity index (χ1) is 11.7. The molecule has 0 atom stereocenters. The monoisotopic (exact) mass is 333 g/mol. The van der Waals surface area contributed by atoms with Crippen LogP contribution < -0.4 is 4.90 Å². The minimum atomic E-state index is -0.788. The van der Waals surface area contributed by atoms with Crippen molar-refractivity contribution >= 4 is 5.82 Å². The Bertz CT molecular complexity index is 688. The fourth-order valence-electron chi connectivity index (χ4n) is 3.15. The van der Waals surface area contributed by atoms with E-state index in [1.165, 1.54) is 12.1 Å². The number of hydrogen-bond acceptors (Lipinski definition) is 4. The second-order valence-electron chi connectivity index (χ2n) is 6.18. The molecule has 0 N–H and O–H groups in total. The van der Waals surface area contributed by atoms with Gasteiger partial charge in [0.1, 0.15) is 12.1 Å². The highest BCUT2D eigenvalue weighted by Crippen LogP contribution is 2.25. The Morgan fingerprint density at radius 1 is 1.12 bits per heavy atom. The molecule has 4 nitrogen and oxygen atoms in total. The van der Waals surface area contributed by atoms with Gasteiger partial charge in [0.25, 0.3) is 0 Å². The summed E-state index contributed by atoms with van der Waals surface area (Å²) in [5, 5.41) is 0. The molecular formula is C18H21F2N3O. The highest BCUT2D eigenvalue weighted by Gasteiger charge is 2.21. The van der Waals surface area contributed by atoms with Gasteiger partial charge in [-0.1, -0.05) is 6.07 Å². The van der Waals surface area contributed by atoms with E-state index in [0.717, 1.165) is 49.4 Å². The summed E-state index contributed by atoms with van der Waals surface area (Å²) in [6, 6.07) is 6.15. The molecule has 1 aromatic carbocycles. The van der Waals surface area contributed by atoms with E-state index < -0.39 is 11.6 Å². The van der Waals surface area contributed by atoms with Gasteiger partial charge < -0.3 is 9.64 Å². The summed E-state index contributed by atoms with van der Waals surface area (Å²) in [6.45, 7) is 2.28. The molecule has 128 valence electrons. The molecule has 0 saturated carbocycles. The quantitative estimate of drug-likeness (QED) is 0.841. The molecule has 0 aliphatic carbocycles. The smallest absolute Gasteiger partial charge is 0.159 e. The van der Waals surface area contributed by atoms with Crippen LogP contribution in [-0.2, 0) is 17.8 Å². The van der Waals surface area contributed by atoms with Crippen LogP contribution in [0, 0.1) is 17.6 Å². The molecule has 24 heavy (non-hydrogen) atoms. The van der Waals surface area contributed by atoms with E-state index in [1.54, 1.807) is 19.5 Å². The molecule has 2 heterocycles. The number of benzene rings is 1. The van der Waals surface area contributed by atoms with Gasteiger partial charge in [-0.2, -0.15) is 0 Å². The van der Waals surface area contributed by atoms with Crippen molar-refractivity contribution < 1.29 is 13.5 Å². The molecule has 1 fully saturated rings. The summed E-state index contributed by atoms with van der Waals surface area (Å²) >= 11 is 0. The van der Waals surface area contributed by atoms with Crippen molar-refractivity contribution in [2.45, 2.75) is 25.9 Å².